The van der Waals surface area contributed by atoms with Gasteiger partial charge in [0.05, 0.1) is 25.5 Å². The van der Waals surface area contributed by atoms with Gasteiger partial charge in [-0.1, -0.05) is 109 Å². The van der Waals surface area contributed by atoms with E-state index in [9.17, 15) is 5.11 Å². The summed E-state index contributed by atoms with van der Waals surface area (Å²) in [6.45, 7) is 3.55. The summed E-state index contributed by atoms with van der Waals surface area (Å²) in [5.74, 6) is 0. The summed E-state index contributed by atoms with van der Waals surface area (Å²) >= 11 is 0. The van der Waals surface area contributed by atoms with Gasteiger partial charge >= 0.3 is 0 Å². The number of hydrogen-bond acceptors (Lipinski definition) is 5. The summed E-state index contributed by atoms with van der Waals surface area (Å²) in [5.41, 5.74) is 1.06. The SMILES string of the molecule is CCCCCCCCCCCCCCCCCCOCC(CO)OCc1cccc(C#N)n1. The largest absolute Gasteiger partial charge is 0.394 e. The van der Waals surface area contributed by atoms with Crippen molar-refractivity contribution in [3.63, 3.8) is 0 Å². The molecule has 5 nitrogen and oxygen atoms in total. The summed E-state index contributed by atoms with van der Waals surface area (Å²) < 4.78 is 11.3. The minimum atomic E-state index is -0.362. The normalized spacial score (nSPS) is 12.0. The minimum absolute atomic E-state index is 0.0864. The average molecular weight is 461 g/mol. The molecule has 0 fully saturated rings. The molecule has 0 aliphatic carbocycles. The number of unbranched alkanes of at least 4 members (excludes halogenated alkanes) is 15. The second kappa shape index (κ2) is 22.3. The molecule has 0 amide bonds. The summed E-state index contributed by atoms with van der Waals surface area (Å²) in [6, 6.07) is 7.27. The summed E-state index contributed by atoms with van der Waals surface area (Å²) in [5, 5.41) is 18.4. The average Bonchev–Trinajstić information content (AvgIpc) is 2.85. The molecule has 33 heavy (non-hydrogen) atoms. The molecule has 1 heterocycles. The molecule has 188 valence electrons. The van der Waals surface area contributed by atoms with Crippen molar-refractivity contribution in [2.75, 3.05) is 19.8 Å². The lowest BCUT2D eigenvalue weighted by Crippen LogP contribution is -2.24. The van der Waals surface area contributed by atoms with Crippen LogP contribution in [-0.4, -0.2) is 36.0 Å². The van der Waals surface area contributed by atoms with Gasteiger partial charge in [-0.3, -0.25) is 0 Å². The highest BCUT2D eigenvalue weighted by Gasteiger charge is 2.09. The highest BCUT2D eigenvalue weighted by atomic mass is 16.5. The molecule has 0 saturated carbocycles. The van der Waals surface area contributed by atoms with Gasteiger partial charge in [0.2, 0.25) is 0 Å². The molecule has 1 aromatic heterocycles. The number of aromatic nitrogens is 1. The van der Waals surface area contributed by atoms with Crippen molar-refractivity contribution in [2.45, 2.75) is 122 Å². The van der Waals surface area contributed by atoms with Crippen LogP contribution in [0.5, 0.6) is 0 Å². The Hall–Kier alpha value is -1.48. The van der Waals surface area contributed by atoms with Crippen LogP contribution in [0.2, 0.25) is 0 Å². The third kappa shape index (κ3) is 17.6. The fourth-order valence-electron chi connectivity index (χ4n) is 3.95. The van der Waals surface area contributed by atoms with Crippen molar-refractivity contribution in [1.29, 1.82) is 5.26 Å². The first-order valence-corrected chi connectivity index (χ1v) is 13.5. The zero-order chi connectivity index (χ0) is 23.8. The molecule has 0 radical (unpaired) electrons. The first kappa shape index (κ1) is 29.6. The Morgan fingerprint density at radius 1 is 0.848 bits per heavy atom. The lowest BCUT2D eigenvalue weighted by Gasteiger charge is -2.15. The monoisotopic (exact) mass is 460 g/mol. The highest BCUT2D eigenvalue weighted by Crippen LogP contribution is 2.13. The van der Waals surface area contributed by atoms with Gasteiger partial charge in [-0.05, 0) is 18.6 Å². The van der Waals surface area contributed by atoms with Gasteiger partial charge in [-0.25, -0.2) is 4.98 Å². The standard InChI is InChI=1S/C28H48N2O3/c1-2-3-4-5-6-7-8-9-10-11-12-13-14-15-16-17-21-32-25-28(23-31)33-24-27-20-18-19-26(22-29)30-27/h18-20,28,31H,2-17,21,23-25H2,1H3. The maximum Gasteiger partial charge on any atom is 0.140 e. The van der Waals surface area contributed by atoms with Crippen molar-refractivity contribution in [3.8, 4) is 6.07 Å². The van der Waals surface area contributed by atoms with E-state index in [1.165, 1.54) is 96.3 Å². The van der Waals surface area contributed by atoms with Gasteiger partial charge < -0.3 is 14.6 Å². The number of hydrogen-bond donors (Lipinski definition) is 1. The Bertz CT molecular complexity index is 603. The minimum Gasteiger partial charge on any atom is -0.394 e. The molecule has 0 aromatic carbocycles. The van der Waals surface area contributed by atoms with Crippen LogP contribution in [0.1, 0.15) is 121 Å². The van der Waals surface area contributed by atoms with Crippen LogP contribution in [0.3, 0.4) is 0 Å². The molecule has 1 aromatic rings. The van der Waals surface area contributed by atoms with Crippen molar-refractivity contribution in [2.24, 2.45) is 0 Å². The zero-order valence-corrected chi connectivity index (χ0v) is 21.1. The third-order valence-electron chi connectivity index (χ3n) is 6.04. The van der Waals surface area contributed by atoms with Crippen molar-refractivity contribution < 1.29 is 14.6 Å². The Labute approximate surface area is 202 Å². The van der Waals surface area contributed by atoms with Crippen LogP contribution in [-0.2, 0) is 16.1 Å². The smallest absolute Gasteiger partial charge is 0.140 e. The second-order valence-corrected chi connectivity index (χ2v) is 9.12. The quantitative estimate of drug-likeness (QED) is 0.176. The summed E-state index contributed by atoms with van der Waals surface area (Å²) in [7, 11) is 0. The molecule has 0 spiro atoms. The number of pyridine rings is 1. The van der Waals surface area contributed by atoms with Crippen molar-refractivity contribution in [1.82, 2.24) is 4.98 Å². The number of aliphatic hydroxyl groups excluding tert-OH is 1. The van der Waals surface area contributed by atoms with Gasteiger partial charge in [-0.2, -0.15) is 5.26 Å². The van der Waals surface area contributed by atoms with Crippen molar-refractivity contribution >= 4 is 0 Å². The van der Waals surface area contributed by atoms with Crippen LogP contribution in [0.4, 0.5) is 0 Å². The van der Waals surface area contributed by atoms with E-state index in [2.05, 4.69) is 11.9 Å². The molecular weight excluding hydrogens is 412 g/mol. The van der Waals surface area contributed by atoms with Crippen LogP contribution in [0.25, 0.3) is 0 Å². The van der Waals surface area contributed by atoms with E-state index < -0.39 is 0 Å². The topological polar surface area (TPSA) is 75.4 Å². The van der Waals surface area contributed by atoms with Crippen LogP contribution >= 0.6 is 0 Å². The molecule has 1 atom stereocenters. The molecule has 0 saturated heterocycles. The predicted octanol–water partition coefficient (Wildman–Crippen LogP) is 7.11. The van der Waals surface area contributed by atoms with Gasteiger partial charge in [-0.15, -0.1) is 0 Å². The number of rotatable bonds is 23. The third-order valence-corrected chi connectivity index (χ3v) is 6.04. The first-order valence-electron chi connectivity index (χ1n) is 13.5. The van der Waals surface area contributed by atoms with E-state index in [4.69, 9.17) is 14.7 Å². The summed E-state index contributed by atoms with van der Waals surface area (Å²) in [6.07, 6.45) is 21.4. The molecule has 0 bridgehead atoms. The maximum absolute atomic E-state index is 9.47. The van der Waals surface area contributed by atoms with Gasteiger partial charge in [0.15, 0.2) is 0 Å². The molecular formula is C28H48N2O3. The molecule has 1 unspecified atom stereocenters. The lowest BCUT2D eigenvalue weighted by atomic mass is 10.0. The fourth-order valence-corrected chi connectivity index (χ4v) is 3.95. The highest BCUT2D eigenvalue weighted by molar-refractivity contribution is 5.21. The van der Waals surface area contributed by atoms with E-state index in [1.807, 2.05) is 12.1 Å². The van der Waals surface area contributed by atoms with Crippen molar-refractivity contribution in [3.05, 3.63) is 29.6 Å². The molecule has 5 heteroatoms. The predicted molar refractivity (Wildman–Crippen MR) is 135 cm³/mol. The maximum atomic E-state index is 9.47. The number of nitriles is 1. The Kier molecular flexibility index (Phi) is 20.0. The molecule has 1 rings (SSSR count). The lowest BCUT2D eigenvalue weighted by molar-refractivity contribution is -0.0511. The van der Waals surface area contributed by atoms with E-state index in [0.717, 1.165) is 6.42 Å². The Morgan fingerprint density at radius 2 is 1.39 bits per heavy atom. The van der Waals surface area contributed by atoms with Crippen LogP contribution in [0.15, 0.2) is 18.2 Å². The molecule has 0 aliphatic rings. The van der Waals surface area contributed by atoms with E-state index >= 15 is 0 Å². The van der Waals surface area contributed by atoms with Crippen LogP contribution in [0, 0.1) is 11.3 Å². The molecule has 1 N–H and O–H groups in total. The molecule has 0 aliphatic heterocycles. The zero-order valence-electron chi connectivity index (χ0n) is 21.1. The first-order chi connectivity index (χ1) is 16.3. The Morgan fingerprint density at radius 3 is 1.91 bits per heavy atom. The number of ether oxygens (including phenoxy) is 2. The second-order valence-electron chi connectivity index (χ2n) is 9.12. The van der Waals surface area contributed by atoms with E-state index in [0.29, 0.717) is 24.6 Å². The number of aliphatic hydroxyl groups is 1. The van der Waals surface area contributed by atoms with E-state index in [-0.39, 0.29) is 19.3 Å². The fraction of sp³-hybridized carbons (Fsp3) is 0.786. The number of nitrogens with zero attached hydrogens (tertiary/aromatic N) is 2. The van der Waals surface area contributed by atoms with Gasteiger partial charge in [0.25, 0.3) is 0 Å². The van der Waals surface area contributed by atoms with E-state index in [1.54, 1.807) is 12.1 Å². The van der Waals surface area contributed by atoms with Gasteiger partial charge in [0.1, 0.15) is 17.9 Å². The Balaban J connectivity index is 1.85. The van der Waals surface area contributed by atoms with Gasteiger partial charge in [0, 0.05) is 6.61 Å². The van der Waals surface area contributed by atoms with Crippen LogP contribution < -0.4 is 0 Å². The summed E-state index contributed by atoms with van der Waals surface area (Å²) in [4.78, 5) is 4.17.